The van der Waals surface area contributed by atoms with Crippen molar-refractivity contribution in [1.82, 2.24) is 5.43 Å². The molecule has 2 aromatic carbocycles. The van der Waals surface area contributed by atoms with Gasteiger partial charge in [0.05, 0.1) is 5.71 Å². The van der Waals surface area contributed by atoms with Gasteiger partial charge in [0.25, 0.3) is 0 Å². The van der Waals surface area contributed by atoms with E-state index in [2.05, 4.69) is 15.8 Å². The lowest BCUT2D eigenvalue weighted by atomic mass is 10.1. The van der Waals surface area contributed by atoms with Gasteiger partial charge >= 0.3 is 0 Å². The minimum absolute atomic E-state index is 0.0856. The third-order valence-electron chi connectivity index (χ3n) is 3.79. The molecule has 0 aliphatic heterocycles. The van der Waals surface area contributed by atoms with Gasteiger partial charge in [0, 0.05) is 18.5 Å². The second-order valence-electron chi connectivity index (χ2n) is 5.96. The number of amides is 2. The monoisotopic (exact) mass is 337 g/mol. The van der Waals surface area contributed by atoms with Gasteiger partial charge in [-0.3, -0.25) is 9.59 Å². The minimum Gasteiger partial charge on any atom is -0.326 e. The average Bonchev–Trinajstić information content (AvgIpc) is 2.61. The second kappa shape index (κ2) is 8.78. The fraction of sp³-hybridized carbons (Fsp3) is 0.250. The second-order valence-corrected chi connectivity index (χ2v) is 5.96. The highest BCUT2D eigenvalue weighted by Crippen LogP contribution is 2.16. The summed E-state index contributed by atoms with van der Waals surface area (Å²) < 4.78 is 0. The number of carbonyl (C=O) groups is 2. The first-order valence-corrected chi connectivity index (χ1v) is 8.21. The molecule has 0 heterocycles. The van der Waals surface area contributed by atoms with Crippen molar-refractivity contribution in [3.63, 3.8) is 0 Å². The van der Waals surface area contributed by atoms with Gasteiger partial charge in [-0.15, -0.1) is 0 Å². The van der Waals surface area contributed by atoms with Crippen molar-refractivity contribution in [3.8, 4) is 0 Å². The van der Waals surface area contributed by atoms with E-state index in [1.807, 2.05) is 69.3 Å². The molecule has 0 spiro atoms. The first-order chi connectivity index (χ1) is 12.0. The first-order valence-electron chi connectivity index (χ1n) is 8.21. The Bertz CT molecular complexity index is 783. The number of aryl methyl sites for hydroxylation is 2. The molecule has 2 rings (SSSR count). The number of carbonyl (C=O) groups excluding carboxylic acids is 2. The Morgan fingerprint density at radius 1 is 0.960 bits per heavy atom. The minimum atomic E-state index is -0.286. The predicted molar refractivity (Wildman–Crippen MR) is 101 cm³/mol. The number of benzene rings is 2. The van der Waals surface area contributed by atoms with Crippen molar-refractivity contribution in [2.45, 2.75) is 33.6 Å². The molecule has 0 saturated carbocycles. The molecule has 0 aliphatic rings. The number of nitrogens with one attached hydrogen (secondary N) is 2. The summed E-state index contributed by atoms with van der Waals surface area (Å²) in [5, 5.41) is 6.91. The smallest absolute Gasteiger partial charge is 0.240 e. The lowest BCUT2D eigenvalue weighted by Crippen LogP contribution is -2.22. The molecule has 5 nitrogen and oxygen atoms in total. The van der Waals surface area contributed by atoms with Crippen molar-refractivity contribution in [2.75, 3.05) is 5.32 Å². The number of anilines is 1. The van der Waals surface area contributed by atoms with Gasteiger partial charge in [0.15, 0.2) is 0 Å². The van der Waals surface area contributed by atoms with Gasteiger partial charge < -0.3 is 5.32 Å². The average molecular weight is 337 g/mol. The molecule has 0 unspecified atom stereocenters. The van der Waals surface area contributed by atoms with Crippen LogP contribution in [-0.4, -0.2) is 17.5 Å². The van der Waals surface area contributed by atoms with Crippen LogP contribution >= 0.6 is 0 Å². The van der Waals surface area contributed by atoms with Gasteiger partial charge in [-0.25, -0.2) is 5.43 Å². The SMILES string of the molecule is C/C(=N\NC(=O)CCC(=O)Nc1cc(C)ccc1C)c1ccccc1. The third-order valence-corrected chi connectivity index (χ3v) is 3.79. The number of rotatable bonds is 6. The molecule has 25 heavy (non-hydrogen) atoms. The molecule has 0 saturated heterocycles. The van der Waals surface area contributed by atoms with Crippen molar-refractivity contribution >= 4 is 23.2 Å². The summed E-state index contributed by atoms with van der Waals surface area (Å²) in [5.74, 6) is -0.473. The van der Waals surface area contributed by atoms with Crippen LogP contribution < -0.4 is 10.7 Å². The molecule has 0 aromatic heterocycles. The molecular weight excluding hydrogens is 314 g/mol. The standard InChI is InChI=1S/C20H23N3O2/c1-14-9-10-15(2)18(13-14)21-19(24)11-12-20(25)23-22-16(3)17-7-5-4-6-8-17/h4-10,13H,11-12H2,1-3H3,(H,21,24)(H,23,25)/b22-16+. The molecule has 0 radical (unpaired) electrons. The largest absolute Gasteiger partial charge is 0.326 e. The van der Waals surface area contributed by atoms with E-state index in [1.165, 1.54) is 0 Å². The summed E-state index contributed by atoms with van der Waals surface area (Å²) in [6.07, 6.45) is 0.196. The van der Waals surface area contributed by atoms with Crippen molar-refractivity contribution in [3.05, 3.63) is 65.2 Å². The quantitative estimate of drug-likeness (QED) is 0.625. The molecule has 0 fully saturated rings. The first kappa shape index (κ1) is 18.4. The highest BCUT2D eigenvalue weighted by Gasteiger charge is 2.08. The molecule has 2 aromatic rings. The molecule has 0 atom stereocenters. The van der Waals surface area contributed by atoms with E-state index in [4.69, 9.17) is 0 Å². The van der Waals surface area contributed by atoms with Crippen LogP contribution in [0.4, 0.5) is 5.69 Å². The Morgan fingerprint density at radius 2 is 1.64 bits per heavy atom. The summed E-state index contributed by atoms with van der Waals surface area (Å²) in [4.78, 5) is 23.9. The fourth-order valence-electron chi connectivity index (χ4n) is 2.26. The van der Waals surface area contributed by atoms with Crippen molar-refractivity contribution in [2.24, 2.45) is 5.10 Å². The Labute approximate surface area is 148 Å². The Morgan fingerprint density at radius 3 is 2.36 bits per heavy atom. The van der Waals surface area contributed by atoms with E-state index in [-0.39, 0.29) is 24.7 Å². The van der Waals surface area contributed by atoms with E-state index in [1.54, 1.807) is 0 Å². The predicted octanol–water partition coefficient (Wildman–Crippen LogP) is 3.56. The van der Waals surface area contributed by atoms with Gasteiger partial charge in [-0.2, -0.15) is 5.10 Å². The maximum atomic E-state index is 12.0. The lowest BCUT2D eigenvalue weighted by molar-refractivity contribution is -0.124. The molecule has 5 heteroatoms. The van der Waals surface area contributed by atoms with E-state index in [0.717, 1.165) is 22.4 Å². The van der Waals surface area contributed by atoms with Crippen LogP contribution in [0, 0.1) is 13.8 Å². The van der Waals surface area contributed by atoms with Crippen LogP contribution in [0.15, 0.2) is 53.6 Å². The summed E-state index contributed by atoms with van der Waals surface area (Å²) in [7, 11) is 0. The van der Waals surface area contributed by atoms with Gasteiger partial charge in [0.2, 0.25) is 11.8 Å². The lowest BCUT2D eigenvalue weighted by Gasteiger charge is -2.09. The summed E-state index contributed by atoms with van der Waals surface area (Å²) in [5.41, 5.74) is 6.99. The molecule has 130 valence electrons. The van der Waals surface area contributed by atoms with Gasteiger partial charge in [0.1, 0.15) is 0 Å². The van der Waals surface area contributed by atoms with Crippen LogP contribution in [0.5, 0.6) is 0 Å². The van der Waals surface area contributed by atoms with Gasteiger partial charge in [-0.05, 0) is 43.5 Å². The number of hydrogen-bond acceptors (Lipinski definition) is 3. The zero-order chi connectivity index (χ0) is 18.2. The van der Waals surface area contributed by atoms with E-state index < -0.39 is 0 Å². The van der Waals surface area contributed by atoms with Crippen LogP contribution in [0.1, 0.15) is 36.5 Å². The maximum absolute atomic E-state index is 12.0. The maximum Gasteiger partial charge on any atom is 0.240 e. The van der Waals surface area contributed by atoms with E-state index in [0.29, 0.717) is 5.71 Å². The molecule has 0 aliphatic carbocycles. The van der Waals surface area contributed by atoms with E-state index >= 15 is 0 Å². The Balaban J connectivity index is 1.81. The highest BCUT2D eigenvalue weighted by atomic mass is 16.2. The summed E-state index contributed by atoms with van der Waals surface area (Å²) in [6, 6.07) is 15.4. The molecule has 2 N–H and O–H groups in total. The van der Waals surface area contributed by atoms with Gasteiger partial charge in [-0.1, -0.05) is 42.5 Å². The van der Waals surface area contributed by atoms with E-state index in [9.17, 15) is 9.59 Å². The van der Waals surface area contributed by atoms with Crippen molar-refractivity contribution in [1.29, 1.82) is 0 Å². The zero-order valence-electron chi connectivity index (χ0n) is 14.8. The molecule has 0 bridgehead atoms. The third kappa shape index (κ3) is 5.88. The molecule has 2 amide bonds. The molecular formula is C20H23N3O2. The zero-order valence-corrected chi connectivity index (χ0v) is 14.8. The van der Waals surface area contributed by atoms with Crippen LogP contribution in [0.3, 0.4) is 0 Å². The Hall–Kier alpha value is -2.95. The van der Waals surface area contributed by atoms with Crippen LogP contribution in [0.25, 0.3) is 0 Å². The van der Waals surface area contributed by atoms with Crippen LogP contribution in [0.2, 0.25) is 0 Å². The van der Waals surface area contributed by atoms with Crippen molar-refractivity contribution < 1.29 is 9.59 Å². The highest BCUT2D eigenvalue weighted by molar-refractivity contribution is 5.99. The topological polar surface area (TPSA) is 70.6 Å². The number of nitrogens with zero attached hydrogens (tertiary/aromatic N) is 1. The summed E-state index contributed by atoms with van der Waals surface area (Å²) >= 11 is 0. The fourth-order valence-corrected chi connectivity index (χ4v) is 2.26. The Kier molecular flexibility index (Phi) is 6.46. The van der Waals surface area contributed by atoms with Crippen LogP contribution in [-0.2, 0) is 9.59 Å². The summed E-state index contributed by atoms with van der Waals surface area (Å²) in [6.45, 7) is 5.72. The number of hydrazone groups is 1. The number of hydrogen-bond donors (Lipinski definition) is 2. The normalized spacial score (nSPS) is 11.1.